The summed E-state index contributed by atoms with van der Waals surface area (Å²) in [5.41, 5.74) is 0. The number of hydroxylamine groups is 4. The Morgan fingerprint density at radius 1 is 0.609 bits per heavy atom. The van der Waals surface area contributed by atoms with Crippen LogP contribution in [-0.2, 0) is 38.5 Å². The monoisotopic (exact) mass is 388 g/mol. The first-order valence-corrected chi connectivity index (χ1v) is 5.50. The predicted octanol–water partition coefficient (Wildman–Crippen LogP) is -2.08. The van der Waals surface area contributed by atoms with Crippen molar-refractivity contribution in [2.24, 2.45) is 0 Å². The van der Waals surface area contributed by atoms with E-state index < -0.39 is 23.9 Å². The van der Waals surface area contributed by atoms with E-state index in [0.29, 0.717) is 10.5 Å². The molecule has 2 radical (unpaired) electrons. The fourth-order valence-corrected chi connectivity index (χ4v) is 0.957. The number of rotatable bonds is 7. The van der Waals surface area contributed by atoms with Gasteiger partial charge in [-0.3, -0.25) is 19.2 Å². The molecule has 13 heteroatoms. The summed E-state index contributed by atoms with van der Waals surface area (Å²) < 4.78 is 0. The summed E-state index contributed by atoms with van der Waals surface area (Å²) >= 11 is 0. The number of nitrogens with zero attached hydrogens (tertiary/aromatic N) is 2. The second-order valence-corrected chi connectivity index (χ2v) is 3.44. The van der Waals surface area contributed by atoms with E-state index >= 15 is 0 Å². The van der Waals surface area contributed by atoms with Crippen molar-refractivity contribution in [2.45, 2.75) is 27.7 Å². The van der Waals surface area contributed by atoms with Gasteiger partial charge in [0.25, 0.3) is 0 Å². The van der Waals surface area contributed by atoms with Gasteiger partial charge in [0, 0.05) is 141 Å². The summed E-state index contributed by atoms with van der Waals surface area (Å²) in [6.07, 6.45) is 0. The molecule has 0 aliphatic heterocycles. The average molecular weight is 388 g/mol. The summed E-state index contributed by atoms with van der Waals surface area (Å²) in [4.78, 5) is 61.4. The molecule has 0 atom stereocenters. The second kappa shape index (κ2) is 17.8. The topological polar surface area (TPSA) is 143 Å². The van der Waals surface area contributed by atoms with Gasteiger partial charge in [-0.2, -0.15) is 0 Å². The average Bonchev–Trinajstić information content (AvgIpc) is 2.22. The van der Waals surface area contributed by atoms with Crippen molar-refractivity contribution >= 4 is 127 Å². The maximum Gasteiger partial charge on any atom is 0.326 e. The summed E-state index contributed by atoms with van der Waals surface area (Å²) in [7, 11) is 0. The van der Waals surface area contributed by atoms with Gasteiger partial charge in [0.1, 0.15) is 0 Å². The van der Waals surface area contributed by atoms with Crippen molar-refractivity contribution in [1.29, 1.82) is 0 Å². The molecule has 0 aromatic carbocycles. The summed E-state index contributed by atoms with van der Waals surface area (Å²) in [6.45, 7) is 3.97. The van der Waals surface area contributed by atoms with Gasteiger partial charge < -0.3 is 24.8 Å². The first kappa shape index (κ1) is 31.8. The standard InChI is InChI=1S/C10H16N2O8.2K.H2O/c1-7(13)17-11(18-8(2)14)5-6-12(19-9(3)15)20-10(4)16;;;/h5-6H2,1-4H3;;;1H2. The van der Waals surface area contributed by atoms with Gasteiger partial charge >= 0.3 is 23.9 Å². The van der Waals surface area contributed by atoms with Crippen molar-refractivity contribution in [3.05, 3.63) is 0 Å². The zero-order chi connectivity index (χ0) is 15.7. The van der Waals surface area contributed by atoms with Gasteiger partial charge in [0.15, 0.2) is 0 Å². The van der Waals surface area contributed by atoms with Gasteiger partial charge in [-0.25, -0.2) is 0 Å². The Balaban J connectivity index is -0.000000602. The quantitative estimate of drug-likeness (QED) is 0.352. The van der Waals surface area contributed by atoms with Crippen LogP contribution in [0.25, 0.3) is 0 Å². The molecule has 124 valence electrons. The molecule has 0 aliphatic carbocycles. The molecule has 0 fully saturated rings. The first-order chi connectivity index (χ1) is 9.20. The molecule has 0 saturated heterocycles. The molecular weight excluding hydrogens is 370 g/mol. The Morgan fingerprint density at radius 3 is 0.913 bits per heavy atom. The van der Waals surface area contributed by atoms with E-state index in [9.17, 15) is 19.2 Å². The van der Waals surface area contributed by atoms with E-state index in [1.807, 2.05) is 0 Å². The van der Waals surface area contributed by atoms with Crippen LogP contribution in [0.1, 0.15) is 27.7 Å². The maximum atomic E-state index is 10.8. The van der Waals surface area contributed by atoms with Crippen LogP contribution in [0.3, 0.4) is 0 Å². The van der Waals surface area contributed by atoms with Crippen LogP contribution >= 0.6 is 0 Å². The van der Waals surface area contributed by atoms with Crippen LogP contribution in [0.4, 0.5) is 0 Å². The molecule has 0 unspecified atom stereocenters. The van der Waals surface area contributed by atoms with Crippen LogP contribution in [0, 0.1) is 0 Å². The summed E-state index contributed by atoms with van der Waals surface area (Å²) in [5.74, 6) is -2.90. The molecule has 0 bridgehead atoms. The molecular formula is C10H18K2N2O9. The van der Waals surface area contributed by atoms with Crippen molar-refractivity contribution in [3.63, 3.8) is 0 Å². The van der Waals surface area contributed by atoms with Gasteiger partial charge in [-0.05, 0) is 0 Å². The van der Waals surface area contributed by atoms with Crippen molar-refractivity contribution in [1.82, 2.24) is 10.5 Å². The molecule has 0 rings (SSSR count). The Kier molecular flexibility index (Phi) is 24.6. The molecule has 0 spiro atoms. The smallest absolute Gasteiger partial charge is 0.326 e. The Bertz CT molecular complexity index is 327. The number of hydrogen-bond donors (Lipinski definition) is 0. The zero-order valence-electron chi connectivity index (χ0n) is 14.1. The van der Waals surface area contributed by atoms with E-state index in [4.69, 9.17) is 0 Å². The van der Waals surface area contributed by atoms with Crippen LogP contribution in [0.5, 0.6) is 0 Å². The molecule has 23 heavy (non-hydrogen) atoms. The minimum absolute atomic E-state index is 0. The van der Waals surface area contributed by atoms with Crippen molar-refractivity contribution < 1.29 is 44.0 Å². The molecule has 0 saturated carbocycles. The Labute approximate surface area is 218 Å². The maximum absolute atomic E-state index is 10.8. The van der Waals surface area contributed by atoms with Gasteiger partial charge in [-0.1, -0.05) is 0 Å². The van der Waals surface area contributed by atoms with Crippen molar-refractivity contribution in [3.8, 4) is 0 Å². The third-order valence-electron chi connectivity index (χ3n) is 1.39. The minimum atomic E-state index is -0.724. The van der Waals surface area contributed by atoms with Gasteiger partial charge in [-0.15, -0.1) is 0 Å². The van der Waals surface area contributed by atoms with Crippen molar-refractivity contribution in [2.75, 3.05) is 13.1 Å². The second-order valence-electron chi connectivity index (χ2n) is 3.44. The largest absolute Gasteiger partial charge is 0.412 e. The summed E-state index contributed by atoms with van der Waals surface area (Å²) in [6, 6.07) is 0. The molecule has 2 N–H and O–H groups in total. The normalized spacial score (nSPS) is 8.78. The predicted molar refractivity (Wildman–Crippen MR) is 75.6 cm³/mol. The molecule has 11 nitrogen and oxygen atoms in total. The fraction of sp³-hybridized carbons (Fsp3) is 0.600. The zero-order valence-corrected chi connectivity index (χ0v) is 20.3. The third kappa shape index (κ3) is 21.0. The SMILES string of the molecule is CC(=O)ON(CCN(OC(C)=O)OC(C)=O)OC(C)=O.O.[K].[K]. The fourth-order valence-electron chi connectivity index (χ4n) is 0.957. The van der Waals surface area contributed by atoms with E-state index in [0.717, 1.165) is 27.7 Å². The number of carbonyl (C=O) groups is 4. The van der Waals surface area contributed by atoms with Gasteiger partial charge in [0.2, 0.25) is 0 Å². The first-order valence-electron chi connectivity index (χ1n) is 5.50. The van der Waals surface area contributed by atoms with E-state index in [1.165, 1.54) is 0 Å². The van der Waals surface area contributed by atoms with Gasteiger partial charge in [0.05, 0.1) is 13.1 Å². The number of hydrogen-bond acceptors (Lipinski definition) is 10. The molecule has 0 heterocycles. The van der Waals surface area contributed by atoms with E-state index in [-0.39, 0.29) is 121 Å². The molecule has 0 aliphatic rings. The van der Waals surface area contributed by atoms with Crippen LogP contribution in [0.2, 0.25) is 0 Å². The third-order valence-corrected chi connectivity index (χ3v) is 1.39. The van der Waals surface area contributed by atoms with Crippen LogP contribution in [-0.4, -0.2) is 156 Å². The van der Waals surface area contributed by atoms with Crippen LogP contribution in [0.15, 0.2) is 0 Å². The van der Waals surface area contributed by atoms with Crippen LogP contribution < -0.4 is 0 Å². The molecule has 0 amide bonds. The minimum Gasteiger partial charge on any atom is -0.412 e. The summed E-state index contributed by atoms with van der Waals surface area (Å²) in [5, 5.41) is 1.15. The van der Waals surface area contributed by atoms with E-state index in [1.54, 1.807) is 0 Å². The molecule has 0 aromatic heterocycles. The Morgan fingerprint density at radius 2 is 0.783 bits per heavy atom. The van der Waals surface area contributed by atoms with E-state index in [2.05, 4.69) is 19.4 Å². The molecule has 0 aromatic rings. The Hall–Kier alpha value is 1.03. The number of carbonyl (C=O) groups excluding carboxylic acids is 4.